The molecule has 70 heavy (non-hydrogen) atoms. The first-order valence-electron chi connectivity index (χ1n) is 23.8. The number of para-hydroxylation sites is 6. The Kier molecular flexibility index (Phi) is 9.01. The zero-order chi connectivity index (χ0) is 46.2. The van der Waals surface area contributed by atoms with Crippen molar-refractivity contribution in [3.8, 4) is 29.0 Å². The third-order valence-electron chi connectivity index (χ3n) is 14.3. The molecule has 0 bridgehead atoms. The van der Waals surface area contributed by atoms with Gasteiger partial charge in [-0.05, 0) is 76.9 Å². The predicted molar refractivity (Wildman–Crippen MR) is 287 cm³/mol. The molecule has 0 radical (unpaired) electrons. The van der Waals surface area contributed by atoms with Crippen LogP contribution in [-0.4, -0.2) is 28.7 Å². The summed E-state index contributed by atoms with van der Waals surface area (Å²) in [4.78, 5) is 16.6. The van der Waals surface area contributed by atoms with Crippen LogP contribution in [0.3, 0.4) is 0 Å². The van der Waals surface area contributed by atoms with Gasteiger partial charge in [-0.15, -0.1) is 0 Å². The maximum absolute atomic E-state index is 5.58. The van der Waals surface area contributed by atoms with Crippen LogP contribution in [-0.2, 0) is 5.41 Å². The monoisotopic (exact) mass is 894 g/mol. The summed E-state index contributed by atoms with van der Waals surface area (Å²) in [6.07, 6.45) is 0. The Labute approximate surface area is 403 Å². The van der Waals surface area contributed by atoms with Crippen LogP contribution in [0.15, 0.2) is 255 Å². The number of fused-ring (bicyclic) bond motifs is 9. The van der Waals surface area contributed by atoms with Gasteiger partial charge in [-0.1, -0.05) is 200 Å². The summed E-state index contributed by atoms with van der Waals surface area (Å²) in [5, 5.41) is 6.86. The second kappa shape index (κ2) is 15.9. The van der Waals surface area contributed by atoms with Crippen molar-refractivity contribution in [1.82, 2.24) is 28.7 Å². The van der Waals surface area contributed by atoms with E-state index in [2.05, 4.69) is 268 Å². The van der Waals surface area contributed by atoms with E-state index in [4.69, 9.17) is 15.0 Å². The van der Waals surface area contributed by atoms with Crippen molar-refractivity contribution in [2.45, 2.75) is 5.41 Å². The van der Waals surface area contributed by atoms with Crippen LogP contribution >= 0.6 is 0 Å². The Morgan fingerprint density at radius 1 is 0.257 bits per heavy atom. The summed E-state index contributed by atoms with van der Waals surface area (Å²) in [5.41, 5.74) is 12.2. The van der Waals surface area contributed by atoms with E-state index in [-0.39, 0.29) is 0 Å². The molecule has 14 rings (SSSR count). The summed E-state index contributed by atoms with van der Waals surface area (Å²) < 4.78 is 6.78. The van der Waals surface area contributed by atoms with Crippen LogP contribution in [0.4, 0.5) is 0 Å². The van der Waals surface area contributed by atoms with Gasteiger partial charge < -0.3 is 4.57 Å². The normalized spacial score (nSPS) is 12.0. The molecule has 4 heterocycles. The van der Waals surface area contributed by atoms with Crippen LogP contribution in [0.5, 0.6) is 0 Å². The zero-order valence-corrected chi connectivity index (χ0v) is 37.9. The fourth-order valence-electron chi connectivity index (χ4n) is 11.3. The standard InChI is InChI=1S/C64H42N6/c1-4-22-43(23-5-1)64(44-24-6-2-7-25-44,45-26-8-3-9-27-45)46-40-41-60-53(42-46)51-32-14-20-38-58(51)70(60)63-66-61(65-62(67-63)69-56-36-18-12-30-49(56)50-31-13-19-37-57(50)69)52-33-15-21-39-59(52)68-54-34-16-10-28-47(54)48-29-11-17-35-55(48)68/h1-42H. The number of nitrogens with zero attached hydrogens (tertiary/aromatic N) is 6. The molecule has 0 saturated carbocycles. The Balaban J connectivity index is 1.07. The molecule has 4 aromatic heterocycles. The topological polar surface area (TPSA) is 53.5 Å². The van der Waals surface area contributed by atoms with E-state index in [0.717, 1.165) is 71.5 Å². The molecule has 0 spiro atoms. The number of hydrogen-bond donors (Lipinski definition) is 0. The van der Waals surface area contributed by atoms with Crippen LogP contribution in [0, 0.1) is 0 Å². The van der Waals surface area contributed by atoms with Crippen LogP contribution in [0.25, 0.3) is 94.4 Å². The first kappa shape index (κ1) is 39.7. The predicted octanol–water partition coefficient (Wildman–Crippen LogP) is 15.2. The van der Waals surface area contributed by atoms with Gasteiger partial charge in [0.25, 0.3) is 0 Å². The van der Waals surface area contributed by atoms with Gasteiger partial charge in [0.05, 0.1) is 44.2 Å². The van der Waals surface area contributed by atoms with Crippen molar-refractivity contribution < 1.29 is 0 Å². The molecule has 6 nitrogen and oxygen atoms in total. The molecule has 6 heteroatoms. The molecule has 14 aromatic rings. The quantitative estimate of drug-likeness (QED) is 0.143. The lowest BCUT2D eigenvalue weighted by molar-refractivity contribution is 0.746. The van der Waals surface area contributed by atoms with Crippen LogP contribution in [0.1, 0.15) is 22.3 Å². The van der Waals surface area contributed by atoms with Crippen LogP contribution in [0.2, 0.25) is 0 Å². The lowest BCUT2D eigenvalue weighted by Gasteiger charge is -2.37. The van der Waals surface area contributed by atoms with Gasteiger partial charge in [0.15, 0.2) is 5.82 Å². The van der Waals surface area contributed by atoms with Crippen molar-refractivity contribution in [2.24, 2.45) is 0 Å². The highest BCUT2D eigenvalue weighted by Crippen LogP contribution is 2.47. The average Bonchev–Trinajstić information content (AvgIpc) is 4.08. The SMILES string of the molecule is c1ccc(C(c2ccccc2)(c2ccccc2)c2ccc3c(c2)c2ccccc2n3-c2nc(-c3ccccc3-n3c4ccccc4c4ccccc43)nc(-n3c4ccccc4c4ccccc43)n2)cc1. The highest BCUT2D eigenvalue weighted by molar-refractivity contribution is 6.11. The van der Waals surface area contributed by atoms with Crippen molar-refractivity contribution in [3.63, 3.8) is 0 Å². The lowest BCUT2D eigenvalue weighted by Crippen LogP contribution is -2.30. The van der Waals surface area contributed by atoms with Gasteiger partial charge >= 0.3 is 0 Å². The van der Waals surface area contributed by atoms with Gasteiger partial charge in [-0.3, -0.25) is 9.13 Å². The molecular formula is C64H42N6. The van der Waals surface area contributed by atoms with Gasteiger partial charge in [0, 0.05) is 37.9 Å². The van der Waals surface area contributed by atoms with Gasteiger partial charge in [-0.2, -0.15) is 15.0 Å². The van der Waals surface area contributed by atoms with Gasteiger partial charge in [0.2, 0.25) is 11.9 Å². The van der Waals surface area contributed by atoms with Crippen molar-refractivity contribution in [2.75, 3.05) is 0 Å². The smallest absolute Gasteiger partial charge is 0.240 e. The molecule has 0 N–H and O–H groups in total. The van der Waals surface area contributed by atoms with E-state index in [1.165, 1.54) is 27.5 Å². The number of hydrogen-bond acceptors (Lipinski definition) is 3. The summed E-state index contributed by atoms with van der Waals surface area (Å²) in [6.45, 7) is 0. The Bertz CT molecular complexity index is 4100. The second-order valence-electron chi connectivity index (χ2n) is 17.9. The molecule has 0 aliphatic rings. The minimum atomic E-state index is -0.623. The fourth-order valence-corrected chi connectivity index (χ4v) is 11.3. The number of rotatable bonds is 8. The fraction of sp³-hybridized carbons (Fsp3) is 0.0156. The maximum atomic E-state index is 5.58. The van der Waals surface area contributed by atoms with E-state index in [9.17, 15) is 0 Å². The van der Waals surface area contributed by atoms with E-state index >= 15 is 0 Å². The molecule has 0 saturated heterocycles. The first-order valence-corrected chi connectivity index (χ1v) is 23.8. The number of aromatic nitrogens is 6. The van der Waals surface area contributed by atoms with E-state index in [1.807, 2.05) is 0 Å². The molecule has 0 amide bonds. The van der Waals surface area contributed by atoms with Crippen molar-refractivity contribution >= 4 is 65.4 Å². The minimum absolute atomic E-state index is 0.526. The summed E-state index contributed by atoms with van der Waals surface area (Å²) in [6, 6.07) is 91.1. The van der Waals surface area contributed by atoms with E-state index in [1.54, 1.807) is 0 Å². The molecular weight excluding hydrogens is 853 g/mol. The third-order valence-corrected chi connectivity index (χ3v) is 14.3. The largest absolute Gasteiger partial charge is 0.309 e. The molecule has 0 unspecified atom stereocenters. The maximum Gasteiger partial charge on any atom is 0.240 e. The zero-order valence-electron chi connectivity index (χ0n) is 37.9. The Hall–Kier alpha value is -9.39. The third kappa shape index (κ3) is 5.90. The molecule has 328 valence electrons. The Morgan fingerprint density at radius 2 is 0.600 bits per heavy atom. The first-order chi connectivity index (χ1) is 34.8. The lowest BCUT2D eigenvalue weighted by atomic mass is 9.65. The average molecular weight is 895 g/mol. The molecule has 0 fully saturated rings. The molecule has 0 aliphatic carbocycles. The Morgan fingerprint density at radius 3 is 1.04 bits per heavy atom. The summed E-state index contributed by atoms with van der Waals surface area (Å²) in [7, 11) is 0. The molecule has 0 atom stereocenters. The van der Waals surface area contributed by atoms with Gasteiger partial charge in [-0.25, -0.2) is 0 Å². The van der Waals surface area contributed by atoms with Crippen molar-refractivity contribution in [3.05, 3.63) is 277 Å². The molecule has 0 aliphatic heterocycles. The highest BCUT2D eigenvalue weighted by Gasteiger charge is 2.39. The van der Waals surface area contributed by atoms with Crippen LogP contribution < -0.4 is 0 Å². The summed E-state index contributed by atoms with van der Waals surface area (Å²) in [5.74, 6) is 1.63. The van der Waals surface area contributed by atoms with E-state index in [0.29, 0.717) is 17.7 Å². The van der Waals surface area contributed by atoms with Gasteiger partial charge in [0.1, 0.15) is 0 Å². The second-order valence-corrected chi connectivity index (χ2v) is 17.9. The highest BCUT2D eigenvalue weighted by atomic mass is 15.3. The summed E-state index contributed by atoms with van der Waals surface area (Å²) >= 11 is 0. The molecule has 10 aromatic carbocycles. The van der Waals surface area contributed by atoms with Crippen molar-refractivity contribution in [1.29, 1.82) is 0 Å². The minimum Gasteiger partial charge on any atom is -0.309 e. The van der Waals surface area contributed by atoms with E-state index < -0.39 is 5.41 Å². The number of benzene rings is 10.